The molecule has 0 aliphatic rings. The molecule has 0 bridgehead atoms. The molecule has 2 rings (SSSR count). The number of nitro benzene ring substituents is 1. The lowest BCUT2D eigenvalue weighted by Gasteiger charge is -2.12. The summed E-state index contributed by atoms with van der Waals surface area (Å²) in [6.45, 7) is 1.95. The van der Waals surface area contributed by atoms with Crippen LogP contribution in [0.4, 0.5) is 22.7 Å². The summed E-state index contributed by atoms with van der Waals surface area (Å²) in [5.74, 6) is 0.771. The van der Waals surface area contributed by atoms with E-state index < -0.39 is 4.92 Å². The van der Waals surface area contributed by atoms with Crippen molar-refractivity contribution in [3.05, 3.63) is 52.1 Å². The summed E-state index contributed by atoms with van der Waals surface area (Å²) < 4.78 is 5.16. The van der Waals surface area contributed by atoms with Gasteiger partial charge in [0.25, 0.3) is 5.69 Å². The van der Waals surface area contributed by atoms with Gasteiger partial charge in [0, 0.05) is 36.2 Å². The van der Waals surface area contributed by atoms with Gasteiger partial charge >= 0.3 is 0 Å². The molecule has 0 radical (unpaired) electrons. The van der Waals surface area contributed by atoms with Gasteiger partial charge in [-0.15, -0.1) is 0 Å². The smallest absolute Gasteiger partial charge is 0.273 e. The maximum absolute atomic E-state index is 11.0. The van der Waals surface area contributed by atoms with Gasteiger partial charge in [-0.3, -0.25) is 10.1 Å². The van der Waals surface area contributed by atoms with Gasteiger partial charge in [0.2, 0.25) is 0 Å². The second-order valence-corrected chi connectivity index (χ2v) is 4.58. The first-order valence-electron chi connectivity index (χ1n) is 6.42. The number of hydrogen-bond acceptors (Lipinski definition) is 5. The Morgan fingerprint density at radius 1 is 1.14 bits per heavy atom. The fourth-order valence-electron chi connectivity index (χ4n) is 1.99. The van der Waals surface area contributed by atoms with E-state index in [1.54, 1.807) is 14.2 Å². The number of anilines is 3. The number of methoxy groups -OCH3 is 1. The third-order valence-corrected chi connectivity index (χ3v) is 3.13. The van der Waals surface area contributed by atoms with Crippen LogP contribution in [0.3, 0.4) is 0 Å². The van der Waals surface area contributed by atoms with E-state index >= 15 is 0 Å². The lowest BCUT2D eigenvalue weighted by molar-refractivity contribution is -0.384. The summed E-state index contributed by atoms with van der Waals surface area (Å²) in [6.07, 6.45) is 0. The molecule has 0 saturated heterocycles. The lowest BCUT2D eigenvalue weighted by Crippen LogP contribution is -1.98. The molecule has 2 aromatic carbocycles. The second kappa shape index (κ2) is 6.13. The van der Waals surface area contributed by atoms with E-state index in [4.69, 9.17) is 4.74 Å². The SMILES string of the molecule is CNc1cc(Nc2ccc(OC)cc2C)cc([N+](=O)[O-])c1. The van der Waals surface area contributed by atoms with E-state index in [9.17, 15) is 10.1 Å². The highest BCUT2D eigenvalue weighted by Gasteiger charge is 2.10. The van der Waals surface area contributed by atoms with Crippen molar-refractivity contribution in [1.29, 1.82) is 0 Å². The third kappa shape index (κ3) is 3.42. The monoisotopic (exact) mass is 287 g/mol. The van der Waals surface area contributed by atoms with Crippen LogP contribution in [-0.4, -0.2) is 19.1 Å². The highest BCUT2D eigenvalue weighted by Crippen LogP contribution is 2.29. The maximum atomic E-state index is 11.0. The van der Waals surface area contributed by atoms with E-state index in [0.717, 1.165) is 17.0 Å². The van der Waals surface area contributed by atoms with Crippen molar-refractivity contribution in [1.82, 2.24) is 0 Å². The number of nitro groups is 1. The second-order valence-electron chi connectivity index (χ2n) is 4.58. The molecule has 6 heteroatoms. The van der Waals surface area contributed by atoms with Crippen molar-refractivity contribution < 1.29 is 9.66 Å². The minimum atomic E-state index is -0.410. The number of benzene rings is 2. The van der Waals surface area contributed by atoms with Crippen LogP contribution in [0, 0.1) is 17.0 Å². The molecule has 0 aliphatic carbocycles. The number of ether oxygens (including phenoxy) is 1. The Labute approximate surface area is 122 Å². The standard InChI is InChI=1S/C15H17N3O3/c1-10-6-14(21-3)4-5-15(10)17-12-7-11(16-2)8-13(9-12)18(19)20/h4-9,16-17H,1-3H3. The van der Waals surface area contributed by atoms with Crippen molar-refractivity contribution in [2.75, 3.05) is 24.8 Å². The van der Waals surface area contributed by atoms with Gasteiger partial charge in [0.15, 0.2) is 0 Å². The van der Waals surface area contributed by atoms with E-state index in [1.165, 1.54) is 12.1 Å². The van der Waals surface area contributed by atoms with Gasteiger partial charge in [-0.25, -0.2) is 0 Å². The highest BCUT2D eigenvalue weighted by atomic mass is 16.6. The summed E-state index contributed by atoms with van der Waals surface area (Å²) in [5, 5.41) is 17.1. The number of rotatable bonds is 5. The van der Waals surface area contributed by atoms with E-state index in [2.05, 4.69) is 10.6 Å². The zero-order valence-corrected chi connectivity index (χ0v) is 12.1. The van der Waals surface area contributed by atoms with Crippen LogP contribution in [0.5, 0.6) is 5.75 Å². The first-order valence-corrected chi connectivity index (χ1v) is 6.42. The number of non-ortho nitro benzene ring substituents is 1. The van der Waals surface area contributed by atoms with Crippen molar-refractivity contribution in [3.63, 3.8) is 0 Å². The fraction of sp³-hybridized carbons (Fsp3) is 0.200. The van der Waals surface area contributed by atoms with Crippen LogP contribution in [0.1, 0.15) is 5.56 Å². The minimum Gasteiger partial charge on any atom is -0.497 e. The van der Waals surface area contributed by atoms with Crippen molar-refractivity contribution >= 4 is 22.7 Å². The molecule has 0 fully saturated rings. The summed E-state index contributed by atoms with van der Waals surface area (Å²) in [5.41, 5.74) is 3.24. The van der Waals surface area contributed by atoms with Crippen molar-refractivity contribution in [2.24, 2.45) is 0 Å². The highest BCUT2D eigenvalue weighted by molar-refractivity contribution is 5.70. The van der Waals surface area contributed by atoms with Crippen LogP contribution in [-0.2, 0) is 0 Å². The summed E-state index contributed by atoms with van der Waals surface area (Å²) >= 11 is 0. The van der Waals surface area contributed by atoms with Crippen molar-refractivity contribution in [2.45, 2.75) is 6.92 Å². The average molecular weight is 287 g/mol. The van der Waals surface area contributed by atoms with Gasteiger partial charge in [0.1, 0.15) is 5.75 Å². The molecule has 21 heavy (non-hydrogen) atoms. The Bertz CT molecular complexity index is 671. The topological polar surface area (TPSA) is 76.4 Å². The maximum Gasteiger partial charge on any atom is 0.273 e. The molecular weight excluding hydrogens is 270 g/mol. The fourth-order valence-corrected chi connectivity index (χ4v) is 1.99. The van der Waals surface area contributed by atoms with Crippen molar-refractivity contribution in [3.8, 4) is 5.75 Å². The van der Waals surface area contributed by atoms with Crippen LogP contribution in [0.25, 0.3) is 0 Å². The van der Waals surface area contributed by atoms with Crippen LogP contribution in [0.2, 0.25) is 0 Å². The molecule has 0 saturated carbocycles. The Hall–Kier alpha value is -2.76. The molecule has 0 spiro atoms. The van der Waals surface area contributed by atoms with Gasteiger partial charge in [-0.1, -0.05) is 0 Å². The zero-order valence-electron chi connectivity index (χ0n) is 12.1. The van der Waals surface area contributed by atoms with Crippen LogP contribution in [0.15, 0.2) is 36.4 Å². The molecule has 2 aromatic rings. The van der Waals surface area contributed by atoms with Gasteiger partial charge in [0.05, 0.1) is 12.0 Å². The molecule has 2 N–H and O–H groups in total. The number of nitrogens with one attached hydrogen (secondary N) is 2. The molecule has 0 aromatic heterocycles. The summed E-state index contributed by atoms with van der Waals surface area (Å²) in [7, 11) is 3.34. The lowest BCUT2D eigenvalue weighted by atomic mass is 10.1. The molecular formula is C15H17N3O3. The molecule has 6 nitrogen and oxygen atoms in total. The minimum absolute atomic E-state index is 0.0375. The van der Waals surface area contributed by atoms with Crippen LogP contribution >= 0.6 is 0 Å². The molecule has 0 heterocycles. The average Bonchev–Trinajstić information content (AvgIpc) is 2.48. The summed E-state index contributed by atoms with van der Waals surface area (Å²) in [4.78, 5) is 10.5. The molecule has 0 aliphatic heterocycles. The first kappa shape index (κ1) is 14.6. The normalized spacial score (nSPS) is 10.0. The zero-order chi connectivity index (χ0) is 15.4. The van der Waals surface area contributed by atoms with E-state index in [0.29, 0.717) is 11.4 Å². The van der Waals surface area contributed by atoms with Gasteiger partial charge in [-0.05, 0) is 36.8 Å². The molecule has 0 atom stereocenters. The predicted octanol–water partition coefficient (Wildman–Crippen LogP) is 3.70. The largest absolute Gasteiger partial charge is 0.497 e. The number of hydrogen-bond donors (Lipinski definition) is 2. The van der Waals surface area contributed by atoms with Gasteiger partial charge in [-0.2, -0.15) is 0 Å². The van der Waals surface area contributed by atoms with E-state index in [1.807, 2.05) is 31.2 Å². The first-order chi connectivity index (χ1) is 10.0. The number of aryl methyl sites for hydroxylation is 1. The number of nitrogens with zero attached hydrogens (tertiary/aromatic N) is 1. The van der Waals surface area contributed by atoms with E-state index in [-0.39, 0.29) is 5.69 Å². The quantitative estimate of drug-likeness (QED) is 0.647. The third-order valence-electron chi connectivity index (χ3n) is 3.13. The molecule has 0 unspecified atom stereocenters. The Kier molecular flexibility index (Phi) is 4.27. The Morgan fingerprint density at radius 3 is 2.43 bits per heavy atom. The Morgan fingerprint density at radius 2 is 1.86 bits per heavy atom. The Balaban J connectivity index is 2.34. The summed E-state index contributed by atoms with van der Waals surface area (Å²) in [6, 6.07) is 10.4. The molecule has 110 valence electrons. The van der Waals surface area contributed by atoms with Crippen LogP contribution < -0.4 is 15.4 Å². The predicted molar refractivity (Wildman–Crippen MR) is 83.7 cm³/mol. The van der Waals surface area contributed by atoms with Gasteiger partial charge < -0.3 is 15.4 Å². The molecule has 0 amide bonds.